The Balaban J connectivity index is 0.000000461. The smallest absolute Gasteiger partial charge is 0.000506 e. The molecule has 0 unspecified atom stereocenters. The first-order valence-electron chi connectivity index (χ1n) is 5.61. The van der Waals surface area contributed by atoms with E-state index in [0.29, 0.717) is 0 Å². The summed E-state index contributed by atoms with van der Waals surface area (Å²) in [5, 5.41) is 3.30. The van der Waals surface area contributed by atoms with Crippen molar-refractivity contribution in [1.29, 1.82) is 0 Å². The van der Waals surface area contributed by atoms with Crippen LogP contribution >= 0.6 is 0 Å². The normalized spacial score (nSPS) is 15.4. The lowest BCUT2D eigenvalue weighted by molar-refractivity contribution is 0.346. The molecule has 2 rings (SSSR count). The Labute approximate surface area is 87.5 Å². The summed E-state index contributed by atoms with van der Waals surface area (Å²) in [6, 6.07) is 8.82. The standard InChI is InChI=1S/C11H15N.C2H6/c1-9-3-2-4-10(5-9)6-11-7-12-8-11;1-2/h2-5,11-12H,6-8H2,1H3;1-2H3. The van der Waals surface area contributed by atoms with Crippen LogP contribution in [-0.4, -0.2) is 13.1 Å². The van der Waals surface area contributed by atoms with Crippen molar-refractivity contribution in [3.05, 3.63) is 35.4 Å². The molecule has 1 aromatic rings. The summed E-state index contributed by atoms with van der Waals surface area (Å²) >= 11 is 0. The maximum absolute atomic E-state index is 3.30. The quantitative estimate of drug-likeness (QED) is 0.758. The predicted octanol–water partition coefficient (Wildman–Crippen LogP) is 2.78. The zero-order valence-electron chi connectivity index (χ0n) is 9.51. The topological polar surface area (TPSA) is 12.0 Å². The van der Waals surface area contributed by atoms with E-state index in [1.807, 2.05) is 13.8 Å². The molecule has 1 heterocycles. The van der Waals surface area contributed by atoms with Gasteiger partial charge in [0.2, 0.25) is 0 Å². The summed E-state index contributed by atoms with van der Waals surface area (Å²) in [6.07, 6.45) is 1.24. The van der Waals surface area contributed by atoms with Crippen molar-refractivity contribution in [3.63, 3.8) is 0 Å². The van der Waals surface area contributed by atoms with E-state index in [-0.39, 0.29) is 0 Å². The molecule has 14 heavy (non-hydrogen) atoms. The minimum Gasteiger partial charge on any atom is -0.316 e. The first-order chi connectivity index (χ1) is 6.84. The fraction of sp³-hybridized carbons (Fsp3) is 0.538. The third-order valence-electron chi connectivity index (χ3n) is 2.47. The van der Waals surface area contributed by atoms with Crippen molar-refractivity contribution in [2.24, 2.45) is 5.92 Å². The van der Waals surface area contributed by atoms with E-state index in [1.165, 1.54) is 30.6 Å². The van der Waals surface area contributed by atoms with E-state index in [4.69, 9.17) is 0 Å². The third kappa shape index (κ3) is 3.15. The average Bonchev–Trinajstić information content (AvgIpc) is 2.15. The molecule has 1 heteroatoms. The summed E-state index contributed by atoms with van der Waals surface area (Å²) < 4.78 is 0. The van der Waals surface area contributed by atoms with E-state index in [2.05, 4.69) is 36.5 Å². The molecule has 1 N–H and O–H groups in total. The zero-order valence-corrected chi connectivity index (χ0v) is 9.51. The van der Waals surface area contributed by atoms with Crippen LogP contribution in [-0.2, 0) is 6.42 Å². The van der Waals surface area contributed by atoms with Crippen LogP contribution in [0.4, 0.5) is 0 Å². The average molecular weight is 191 g/mol. The predicted molar refractivity (Wildman–Crippen MR) is 62.6 cm³/mol. The minimum absolute atomic E-state index is 0.881. The molecule has 0 aliphatic carbocycles. The van der Waals surface area contributed by atoms with Gasteiger partial charge in [-0.2, -0.15) is 0 Å². The van der Waals surface area contributed by atoms with Crippen molar-refractivity contribution < 1.29 is 0 Å². The lowest BCUT2D eigenvalue weighted by atomic mass is 9.94. The molecular weight excluding hydrogens is 170 g/mol. The molecule has 0 atom stereocenters. The van der Waals surface area contributed by atoms with Crippen LogP contribution in [0.5, 0.6) is 0 Å². The Hall–Kier alpha value is -0.820. The van der Waals surface area contributed by atoms with E-state index in [1.54, 1.807) is 0 Å². The second-order valence-electron chi connectivity index (χ2n) is 3.72. The van der Waals surface area contributed by atoms with Crippen LogP contribution in [0.15, 0.2) is 24.3 Å². The van der Waals surface area contributed by atoms with Gasteiger partial charge < -0.3 is 5.32 Å². The number of benzene rings is 1. The molecule has 0 saturated carbocycles. The number of aryl methyl sites for hydroxylation is 1. The Morgan fingerprint density at radius 2 is 2.00 bits per heavy atom. The highest BCUT2D eigenvalue weighted by Crippen LogP contribution is 2.13. The third-order valence-corrected chi connectivity index (χ3v) is 2.47. The highest BCUT2D eigenvalue weighted by atomic mass is 14.9. The van der Waals surface area contributed by atoms with Gasteiger partial charge >= 0.3 is 0 Å². The van der Waals surface area contributed by atoms with Crippen molar-refractivity contribution in [3.8, 4) is 0 Å². The lowest BCUT2D eigenvalue weighted by Crippen LogP contribution is -2.43. The summed E-state index contributed by atoms with van der Waals surface area (Å²) in [5.41, 5.74) is 2.86. The number of hydrogen-bond donors (Lipinski definition) is 1. The van der Waals surface area contributed by atoms with Gasteiger partial charge in [0.15, 0.2) is 0 Å². The maximum atomic E-state index is 3.30. The molecule has 0 aromatic heterocycles. The highest BCUT2D eigenvalue weighted by Gasteiger charge is 2.16. The van der Waals surface area contributed by atoms with Crippen molar-refractivity contribution in [1.82, 2.24) is 5.32 Å². The van der Waals surface area contributed by atoms with Gasteiger partial charge in [-0.1, -0.05) is 43.7 Å². The van der Waals surface area contributed by atoms with Gasteiger partial charge in [-0.05, 0) is 37.9 Å². The van der Waals surface area contributed by atoms with Crippen molar-refractivity contribution in [2.45, 2.75) is 27.2 Å². The van der Waals surface area contributed by atoms with Gasteiger partial charge in [0.25, 0.3) is 0 Å². The molecule has 0 amide bonds. The highest BCUT2D eigenvalue weighted by molar-refractivity contribution is 5.22. The number of hydrogen-bond acceptors (Lipinski definition) is 1. The number of nitrogens with one attached hydrogen (secondary N) is 1. The van der Waals surface area contributed by atoms with Gasteiger partial charge in [0, 0.05) is 0 Å². The second-order valence-corrected chi connectivity index (χ2v) is 3.72. The van der Waals surface area contributed by atoms with Crippen molar-refractivity contribution >= 4 is 0 Å². The first kappa shape index (κ1) is 11.3. The number of rotatable bonds is 2. The fourth-order valence-corrected chi connectivity index (χ4v) is 1.67. The Kier molecular flexibility index (Phi) is 4.68. The zero-order chi connectivity index (χ0) is 10.4. The van der Waals surface area contributed by atoms with Crippen LogP contribution < -0.4 is 5.32 Å². The van der Waals surface area contributed by atoms with Gasteiger partial charge in [0.1, 0.15) is 0 Å². The van der Waals surface area contributed by atoms with E-state index < -0.39 is 0 Å². The molecule has 0 bridgehead atoms. The summed E-state index contributed by atoms with van der Waals surface area (Å²) in [7, 11) is 0. The molecule has 1 fully saturated rings. The molecule has 1 nitrogen and oxygen atoms in total. The monoisotopic (exact) mass is 191 g/mol. The Morgan fingerprint density at radius 1 is 1.29 bits per heavy atom. The van der Waals surface area contributed by atoms with Gasteiger partial charge in [-0.25, -0.2) is 0 Å². The molecule has 0 spiro atoms. The van der Waals surface area contributed by atoms with Crippen LogP contribution in [0, 0.1) is 12.8 Å². The molecule has 1 aliphatic heterocycles. The minimum atomic E-state index is 0.881. The van der Waals surface area contributed by atoms with Crippen LogP contribution in [0.2, 0.25) is 0 Å². The fourth-order valence-electron chi connectivity index (χ4n) is 1.67. The molecule has 1 aromatic carbocycles. The Morgan fingerprint density at radius 3 is 2.50 bits per heavy atom. The maximum Gasteiger partial charge on any atom is -0.000506 e. The summed E-state index contributed by atoms with van der Waals surface area (Å²) in [6.45, 7) is 8.56. The van der Waals surface area contributed by atoms with Crippen LogP contribution in [0.25, 0.3) is 0 Å². The van der Waals surface area contributed by atoms with Crippen LogP contribution in [0.3, 0.4) is 0 Å². The molecule has 0 radical (unpaired) electrons. The van der Waals surface area contributed by atoms with Gasteiger partial charge in [-0.3, -0.25) is 0 Å². The van der Waals surface area contributed by atoms with Crippen LogP contribution in [0.1, 0.15) is 25.0 Å². The van der Waals surface area contributed by atoms with E-state index in [9.17, 15) is 0 Å². The van der Waals surface area contributed by atoms with Gasteiger partial charge in [0.05, 0.1) is 0 Å². The largest absolute Gasteiger partial charge is 0.316 e. The molecule has 78 valence electrons. The summed E-state index contributed by atoms with van der Waals surface area (Å²) in [4.78, 5) is 0. The molecular formula is C13H21N. The second kappa shape index (κ2) is 5.82. The van der Waals surface area contributed by atoms with E-state index >= 15 is 0 Å². The molecule has 1 aliphatic rings. The van der Waals surface area contributed by atoms with E-state index in [0.717, 1.165) is 5.92 Å². The van der Waals surface area contributed by atoms with Gasteiger partial charge in [-0.15, -0.1) is 0 Å². The first-order valence-corrected chi connectivity index (χ1v) is 5.61. The SMILES string of the molecule is CC.Cc1cccc(CC2CNC2)c1. The lowest BCUT2D eigenvalue weighted by Gasteiger charge is -2.27. The Bertz CT molecular complexity index is 264. The van der Waals surface area contributed by atoms with Crippen molar-refractivity contribution in [2.75, 3.05) is 13.1 Å². The summed E-state index contributed by atoms with van der Waals surface area (Å²) in [5.74, 6) is 0.881. The molecule has 1 saturated heterocycles.